The van der Waals surface area contributed by atoms with Gasteiger partial charge in [0.1, 0.15) is 5.82 Å². The number of rotatable bonds is 5. The van der Waals surface area contributed by atoms with Gasteiger partial charge in [0.15, 0.2) is 0 Å². The number of halogens is 1. The van der Waals surface area contributed by atoms with Crippen molar-refractivity contribution in [3.05, 3.63) is 59.4 Å². The van der Waals surface area contributed by atoms with E-state index in [1.165, 1.54) is 12.1 Å². The van der Waals surface area contributed by atoms with Crippen molar-refractivity contribution in [3.8, 4) is 11.1 Å². The van der Waals surface area contributed by atoms with Crippen LogP contribution in [-0.4, -0.2) is 22.0 Å². The molecule has 2 rings (SSSR count). The molecule has 22 heavy (non-hydrogen) atoms. The van der Waals surface area contributed by atoms with Crippen LogP contribution in [0, 0.1) is 12.7 Å². The van der Waals surface area contributed by atoms with Gasteiger partial charge in [0.2, 0.25) is 0 Å². The molecule has 0 spiro atoms. The first-order valence-corrected chi connectivity index (χ1v) is 6.81. The highest BCUT2D eigenvalue weighted by Crippen LogP contribution is 2.23. The minimum Gasteiger partial charge on any atom is -0.481 e. The zero-order chi connectivity index (χ0) is 16.1. The third-order valence-electron chi connectivity index (χ3n) is 3.36. The Bertz CT molecular complexity index is 708. The van der Waals surface area contributed by atoms with Crippen LogP contribution in [0.25, 0.3) is 11.1 Å². The van der Waals surface area contributed by atoms with Gasteiger partial charge in [0.05, 0.1) is 12.1 Å². The second kappa shape index (κ2) is 6.85. The Morgan fingerprint density at radius 1 is 1.09 bits per heavy atom. The van der Waals surface area contributed by atoms with Gasteiger partial charge in [0.25, 0.3) is 0 Å². The summed E-state index contributed by atoms with van der Waals surface area (Å²) in [6.07, 6.45) is -0.259. The van der Waals surface area contributed by atoms with Crippen molar-refractivity contribution in [2.24, 2.45) is 5.16 Å². The van der Waals surface area contributed by atoms with Crippen molar-refractivity contribution in [3.63, 3.8) is 0 Å². The number of nitrogens with zero attached hydrogens (tertiary/aromatic N) is 1. The van der Waals surface area contributed by atoms with Gasteiger partial charge in [-0.15, -0.1) is 0 Å². The molecule has 2 N–H and O–H groups in total. The number of aliphatic carboxylic acids is 1. The molecule has 4 nitrogen and oxygen atoms in total. The molecule has 0 amide bonds. The van der Waals surface area contributed by atoms with Crippen LogP contribution in [0.15, 0.2) is 47.6 Å². The van der Waals surface area contributed by atoms with E-state index in [-0.39, 0.29) is 24.1 Å². The molecule has 0 bridgehead atoms. The first kappa shape index (κ1) is 15.7. The predicted molar refractivity (Wildman–Crippen MR) is 81.8 cm³/mol. The summed E-state index contributed by atoms with van der Waals surface area (Å²) in [5, 5.41) is 20.6. The Kier molecular flexibility index (Phi) is 4.88. The summed E-state index contributed by atoms with van der Waals surface area (Å²) in [5.74, 6) is -1.57. The van der Waals surface area contributed by atoms with Crippen LogP contribution >= 0.6 is 0 Å². The lowest BCUT2D eigenvalue weighted by atomic mass is 9.99. The van der Waals surface area contributed by atoms with Crippen molar-refractivity contribution in [1.29, 1.82) is 0 Å². The number of carboxylic acids is 1. The maximum atomic E-state index is 14.2. The standard InChI is InChI=1S/C17H16FNO3/c1-11-2-4-12(5-3-11)13-6-7-14(15(18)10-13)16(19-22)8-9-17(20)21/h2-7,10,22H,8-9H2,1H3,(H,20,21)/b19-16+. The fourth-order valence-corrected chi connectivity index (χ4v) is 2.14. The molecule has 0 atom stereocenters. The van der Waals surface area contributed by atoms with Crippen LogP contribution in [0.4, 0.5) is 4.39 Å². The third kappa shape index (κ3) is 3.69. The number of hydrogen-bond acceptors (Lipinski definition) is 3. The third-order valence-corrected chi connectivity index (χ3v) is 3.36. The Balaban J connectivity index is 2.29. The fourth-order valence-electron chi connectivity index (χ4n) is 2.14. The van der Waals surface area contributed by atoms with Gasteiger partial charge >= 0.3 is 5.97 Å². The average Bonchev–Trinajstić information content (AvgIpc) is 2.49. The summed E-state index contributed by atoms with van der Waals surface area (Å²) in [4.78, 5) is 10.6. The van der Waals surface area contributed by atoms with Crippen molar-refractivity contribution >= 4 is 11.7 Å². The van der Waals surface area contributed by atoms with Crippen LogP contribution in [0.2, 0.25) is 0 Å². The zero-order valence-corrected chi connectivity index (χ0v) is 12.1. The zero-order valence-electron chi connectivity index (χ0n) is 12.1. The highest BCUT2D eigenvalue weighted by molar-refractivity contribution is 6.01. The first-order chi connectivity index (χ1) is 10.5. The second-order valence-corrected chi connectivity index (χ2v) is 5.00. The van der Waals surface area contributed by atoms with E-state index in [2.05, 4.69) is 5.16 Å². The summed E-state index contributed by atoms with van der Waals surface area (Å²) in [5.41, 5.74) is 2.83. The van der Waals surface area contributed by atoms with Crippen LogP contribution in [0.1, 0.15) is 24.0 Å². The molecule has 0 aliphatic rings. The van der Waals surface area contributed by atoms with Crippen LogP contribution in [0.3, 0.4) is 0 Å². The lowest BCUT2D eigenvalue weighted by Crippen LogP contribution is -2.07. The molecule has 0 radical (unpaired) electrons. The Morgan fingerprint density at radius 3 is 2.27 bits per heavy atom. The number of carbonyl (C=O) groups is 1. The van der Waals surface area contributed by atoms with Crippen LogP contribution in [-0.2, 0) is 4.79 Å². The molecule has 0 unspecified atom stereocenters. The van der Waals surface area contributed by atoms with Crippen molar-refractivity contribution in [1.82, 2.24) is 0 Å². The van der Waals surface area contributed by atoms with Gasteiger partial charge in [-0.3, -0.25) is 4.79 Å². The molecule has 2 aromatic carbocycles. The molecule has 0 fully saturated rings. The molecule has 0 heterocycles. The largest absolute Gasteiger partial charge is 0.481 e. The van der Waals surface area contributed by atoms with E-state index in [1.54, 1.807) is 6.07 Å². The fraction of sp³-hybridized carbons (Fsp3) is 0.176. The number of hydrogen-bond donors (Lipinski definition) is 2. The first-order valence-electron chi connectivity index (χ1n) is 6.81. The van der Waals surface area contributed by atoms with Gasteiger partial charge in [-0.05, 0) is 30.2 Å². The van der Waals surface area contributed by atoms with E-state index < -0.39 is 11.8 Å². The number of aryl methyl sites for hydroxylation is 1. The molecule has 0 aromatic heterocycles. The number of oxime groups is 1. The van der Waals surface area contributed by atoms with Gasteiger partial charge < -0.3 is 10.3 Å². The molecule has 0 aliphatic heterocycles. The van der Waals surface area contributed by atoms with E-state index in [0.29, 0.717) is 5.56 Å². The molecule has 2 aromatic rings. The summed E-state index contributed by atoms with van der Waals surface area (Å²) < 4.78 is 14.2. The van der Waals surface area contributed by atoms with E-state index in [9.17, 15) is 9.18 Å². The summed E-state index contributed by atoms with van der Waals surface area (Å²) in [7, 11) is 0. The summed E-state index contributed by atoms with van der Waals surface area (Å²) in [6.45, 7) is 1.97. The second-order valence-electron chi connectivity index (χ2n) is 5.00. The molecule has 114 valence electrons. The molecule has 0 saturated heterocycles. The maximum absolute atomic E-state index is 14.2. The minimum absolute atomic E-state index is 0.0235. The molecule has 5 heteroatoms. The van der Waals surface area contributed by atoms with Crippen LogP contribution in [0.5, 0.6) is 0 Å². The van der Waals surface area contributed by atoms with Crippen molar-refractivity contribution < 1.29 is 19.5 Å². The Labute approximate surface area is 127 Å². The quantitative estimate of drug-likeness (QED) is 0.501. The lowest BCUT2D eigenvalue weighted by molar-refractivity contribution is -0.136. The molecule has 0 aliphatic carbocycles. The Morgan fingerprint density at radius 2 is 1.73 bits per heavy atom. The van der Waals surface area contributed by atoms with Gasteiger partial charge in [-0.25, -0.2) is 4.39 Å². The number of carboxylic acid groups (broad SMARTS) is 1. The molecular weight excluding hydrogens is 285 g/mol. The van der Waals surface area contributed by atoms with Gasteiger partial charge in [-0.1, -0.05) is 41.1 Å². The Hall–Kier alpha value is -2.69. The van der Waals surface area contributed by atoms with Gasteiger partial charge in [0, 0.05) is 12.0 Å². The summed E-state index contributed by atoms with van der Waals surface area (Å²) >= 11 is 0. The molecular formula is C17H16FNO3. The highest BCUT2D eigenvalue weighted by atomic mass is 19.1. The predicted octanol–water partition coefficient (Wildman–Crippen LogP) is 3.84. The van der Waals surface area contributed by atoms with Gasteiger partial charge in [-0.2, -0.15) is 0 Å². The van der Waals surface area contributed by atoms with E-state index in [1.807, 2.05) is 31.2 Å². The molecule has 0 saturated carbocycles. The van der Waals surface area contributed by atoms with E-state index >= 15 is 0 Å². The van der Waals surface area contributed by atoms with E-state index in [0.717, 1.165) is 11.1 Å². The van der Waals surface area contributed by atoms with Crippen molar-refractivity contribution in [2.75, 3.05) is 0 Å². The smallest absolute Gasteiger partial charge is 0.303 e. The monoisotopic (exact) mass is 301 g/mol. The lowest BCUT2D eigenvalue weighted by Gasteiger charge is -2.08. The highest BCUT2D eigenvalue weighted by Gasteiger charge is 2.13. The van der Waals surface area contributed by atoms with E-state index in [4.69, 9.17) is 10.3 Å². The topological polar surface area (TPSA) is 69.9 Å². The van der Waals surface area contributed by atoms with Crippen LogP contribution < -0.4 is 0 Å². The SMILES string of the molecule is Cc1ccc(-c2ccc(/C(CCC(=O)O)=N/O)c(F)c2)cc1. The minimum atomic E-state index is -1.03. The normalized spacial score (nSPS) is 11.5. The summed E-state index contributed by atoms with van der Waals surface area (Å²) in [6, 6.07) is 12.2. The number of benzene rings is 2. The maximum Gasteiger partial charge on any atom is 0.303 e. The average molecular weight is 301 g/mol. The van der Waals surface area contributed by atoms with Crippen molar-refractivity contribution in [2.45, 2.75) is 19.8 Å².